The molecule has 4 rings (SSSR count). The van der Waals surface area contributed by atoms with Crippen LogP contribution in [-0.4, -0.2) is 18.4 Å². The fraction of sp³-hybridized carbons (Fsp3) is 0.143. The molecule has 0 aliphatic rings. The number of carbonyl (C=O) groups is 2. The monoisotopic (exact) mass is 454 g/mol. The zero-order chi connectivity index (χ0) is 24.2. The summed E-state index contributed by atoms with van der Waals surface area (Å²) in [4.78, 5) is 24.5. The van der Waals surface area contributed by atoms with Crippen LogP contribution in [0.15, 0.2) is 77.4 Å². The van der Waals surface area contributed by atoms with Gasteiger partial charge >= 0.3 is 0 Å². The maximum atomic E-state index is 12.8. The van der Waals surface area contributed by atoms with E-state index in [4.69, 9.17) is 14.9 Å². The molecular weight excluding hydrogens is 428 g/mol. The van der Waals surface area contributed by atoms with E-state index < -0.39 is 5.91 Å². The third-order valence-corrected chi connectivity index (χ3v) is 5.64. The van der Waals surface area contributed by atoms with Gasteiger partial charge in [-0.25, -0.2) is 0 Å². The lowest BCUT2D eigenvalue weighted by atomic mass is 9.96. The van der Waals surface area contributed by atoms with Crippen molar-refractivity contribution >= 4 is 34.0 Å². The van der Waals surface area contributed by atoms with Crippen LogP contribution < -0.4 is 15.8 Å². The maximum absolute atomic E-state index is 12.8. The summed E-state index contributed by atoms with van der Waals surface area (Å²) >= 11 is 0. The Kier molecular flexibility index (Phi) is 6.50. The van der Waals surface area contributed by atoms with Crippen molar-refractivity contribution in [3.63, 3.8) is 0 Å². The summed E-state index contributed by atoms with van der Waals surface area (Å²) in [5, 5.41) is 3.69. The molecule has 4 aromatic rings. The molecule has 1 aromatic heterocycles. The number of benzene rings is 3. The number of rotatable bonds is 7. The van der Waals surface area contributed by atoms with Crippen LogP contribution in [0.3, 0.4) is 0 Å². The normalized spacial score (nSPS) is 11.4. The second kappa shape index (κ2) is 9.67. The van der Waals surface area contributed by atoms with E-state index >= 15 is 0 Å². The number of nitrogens with one attached hydrogen (secondary N) is 1. The molecule has 0 fully saturated rings. The predicted octanol–water partition coefficient (Wildman–Crippen LogP) is 5.95. The second-order valence-corrected chi connectivity index (χ2v) is 7.93. The number of furan rings is 1. The quantitative estimate of drug-likeness (QED) is 0.338. The first-order chi connectivity index (χ1) is 16.4. The lowest BCUT2D eigenvalue weighted by molar-refractivity contribution is -0.111. The molecule has 172 valence electrons. The van der Waals surface area contributed by atoms with Gasteiger partial charge in [0.15, 0.2) is 0 Å². The second-order valence-electron chi connectivity index (χ2n) is 7.93. The van der Waals surface area contributed by atoms with E-state index in [1.54, 1.807) is 30.5 Å². The number of primary amides is 1. The van der Waals surface area contributed by atoms with Crippen LogP contribution in [0.4, 0.5) is 5.69 Å². The smallest absolute Gasteiger partial charge is 0.250 e. The van der Waals surface area contributed by atoms with Gasteiger partial charge in [-0.1, -0.05) is 42.5 Å². The summed E-state index contributed by atoms with van der Waals surface area (Å²) in [5.74, 6) is -0.311. The van der Waals surface area contributed by atoms with Crippen molar-refractivity contribution in [2.24, 2.45) is 5.73 Å². The first-order valence-corrected chi connectivity index (χ1v) is 11.0. The molecule has 3 N–H and O–H groups in total. The number of hydrogen-bond acceptors (Lipinski definition) is 4. The number of nitrogens with two attached hydrogens (primary N) is 1. The molecule has 0 aliphatic carbocycles. The highest BCUT2D eigenvalue weighted by molar-refractivity contribution is 6.09. The van der Waals surface area contributed by atoms with Crippen LogP contribution in [0, 0.1) is 6.92 Å². The molecule has 0 atom stereocenters. The first kappa shape index (κ1) is 22.9. The van der Waals surface area contributed by atoms with E-state index in [0.717, 1.165) is 33.2 Å². The molecule has 3 aromatic carbocycles. The van der Waals surface area contributed by atoms with E-state index in [1.807, 2.05) is 57.2 Å². The van der Waals surface area contributed by atoms with Gasteiger partial charge in [0.2, 0.25) is 5.91 Å². The number of para-hydroxylation sites is 1. The summed E-state index contributed by atoms with van der Waals surface area (Å²) < 4.78 is 11.9. The summed E-state index contributed by atoms with van der Waals surface area (Å²) in [6.07, 6.45) is 3.24. The first-order valence-electron chi connectivity index (χ1n) is 11.0. The minimum absolute atomic E-state index is 0.250. The van der Waals surface area contributed by atoms with Gasteiger partial charge in [0, 0.05) is 28.2 Å². The molecule has 0 spiro atoms. The molecule has 1 heterocycles. The topological polar surface area (TPSA) is 94.6 Å². The minimum Gasteiger partial charge on any atom is -0.493 e. The molecule has 34 heavy (non-hydrogen) atoms. The average Bonchev–Trinajstić information content (AvgIpc) is 3.26. The largest absolute Gasteiger partial charge is 0.493 e. The Balaban J connectivity index is 1.77. The SMILES string of the molecule is CCOc1c(/C(C)=C/C(=O)Nc2ccccc2C(N)=O)cc2c(-c3ccccc3)coc2c1C. The molecule has 6 heteroatoms. The van der Waals surface area contributed by atoms with Crippen molar-refractivity contribution in [3.8, 4) is 16.9 Å². The van der Waals surface area contributed by atoms with Crippen LogP contribution in [0.25, 0.3) is 27.7 Å². The number of fused-ring (bicyclic) bond motifs is 1. The lowest BCUT2D eigenvalue weighted by Crippen LogP contribution is -2.17. The predicted molar refractivity (Wildman–Crippen MR) is 135 cm³/mol. The van der Waals surface area contributed by atoms with E-state index in [-0.39, 0.29) is 11.5 Å². The van der Waals surface area contributed by atoms with Crippen LogP contribution in [-0.2, 0) is 4.79 Å². The molecule has 6 nitrogen and oxygen atoms in total. The average molecular weight is 455 g/mol. The molecule has 0 aliphatic heterocycles. The zero-order valence-corrected chi connectivity index (χ0v) is 19.3. The number of anilines is 1. The van der Waals surface area contributed by atoms with Crippen molar-refractivity contribution in [2.75, 3.05) is 11.9 Å². The fourth-order valence-corrected chi connectivity index (χ4v) is 4.03. The van der Waals surface area contributed by atoms with Crippen LogP contribution in [0.5, 0.6) is 5.75 Å². The van der Waals surface area contributed by atoms with E-state index in [9.17, 15) is 9.59 Å². The number of ether oxygens (including phenoxy) is 1. The molecular formula is C28H26N2O4. The van der Waals surface area contributed by atoms with Crippen molar-refractivity contribution in [2.45, 2.75) is 20.8 Å². The summed E-state index contributed by atoms with van der Waals surface area (Å²) in [6.45, 7) is 6.19. The highest BCUT2D eigenvalue weighted by atomic mass is 16.5. The van der Waals surface area contributed by atoms with Crippen LogP contribution in [0.2, 0.25) is 0 Å². The number of aryl methyl sites for hydroxylation is 1. The molecule has 2 amide bonds. The van der Waals surface area contributed by atoms with Crippen molar-refractivity contribution in [1.82, 2.24) is 0 Å². The molecule has 0 bridgehead atoms. The number of allylic oxidation sites excluding steroid dienone is 1. The third kappa shape index (κ3) is 4.43. The highest BCUT2D eigenvalue weighted by Gasteiger charge is 2.19. The number of hydrogen-bond donors (Lipinski definition) is 2. The summed E-state index contributed by atoms with van der Waals surface area (Å²) in [6, 6.07) is 18.6. The van der Waals surface area contributed by atoms with Crippen molar-refractivity contribution < 1.29 is 18.7 Å². The van der Waals surface area contributed by atoms with Gasteiger partial charge in [-0.15, -0.1) is 0 Å². The van der Waals surface area contributed by atoms with Crippen LogP contribution >= 0.6 is 0 Å². The Morgan fingerprint density at radius 3 is 2.47 bits per heavy atom. The van der Waals surface area contributed by atoms with E-state index in [1.165, 1.54) is 6.08 Å². The number of amides is 2. The molecule has 0 unspecified atom stereocenters. The van der Waals surface area contributed by atoms with Gasteiger partial charge in [0.05, 0.1) is 24.1 Å². The summed E-state index contributed by atoms with van der Waals surface area (Å²) in [7, 11) is 0. The van der Waals surface area contributed by atoms with Gasteiger partial charge in [-0.2, -0.15) is 0 Å². The molecule has 0 radical (unpaired) electrons. The van der Waals surface area contributed by atoms with Gasteiger partial charge in [0.1, 0.15) is 11.3 Å². The maximum Gasteiger partial charge on any atom is 0.250 e. The third-order valence-electron chi connectivity index (χ3n) is 5.64. The van der Waals surface area contributed by atoms with Crippen molar-refractivity contribution in [3.05, 3.63) is 89.7 Å². The Morgan fingerprint density at radius 2 is 1.76 bits per heavy atom. The number of carbonyl (C=O) groups excluding carboxylic acids is 2. The van der Waals surface area contributed by atoms with E-state index in [0.29, 0.717) is 23.6 Å². The van der Waals surface area contributed by atoms with Gasteiger partial charge in [-0.3, -0.25) is 9.59 Å². The van der Waals surface area contributed by atoms with Gasteiger partial charge in [-0.05, 0) is 50.1 Å². The Hall–Kier alpha value is -4.32. The molecule has 0 saturated heterocycles. The molecule has 0 saturated carbocycles. The lowest BCUT2D eigenvalue weighted by Gasteiger charge is -2.15. The Labute approximate surface area is 198 Å². The van der Waals surface area contributed by atoms with Gasteiger partial charge in [0.25, 0.3) is 5.91 Å². The highest BCUT2D eigenvalue weighted by Crippen LogP contribution is 2.40. The zero-order valence-electron chi connectivity index (χ0n) is 19.3. The van der Waals surface area contributed by atoms with Gasteiger partial charge < -0.3 is 20.2 Å². The standard InChI is InChI=1S/C28H26N2O4/c1-4-33-26-18(3)27-22(23(16-34-27)19-10-6-5-7-11-19)15-21(26)17(2)14-25(31)30-24-13-9-8-12-20(24)28(29)32/h5-16H,4H2,1-3H3,(H2,29,32)(H,30,31)/b17-14+. The van der Waals surface area contributed by atoms with Crippen molar-refractivity contribution in [1.29, 1.82) is 0 Å². The Morgan fingerprint density at radius 1 is 1.06 bits per heavy atom. The Bertz CT molecular complexity index is 1400. The van der Waals surface area contributed by atoms with Crippen LogP contribution in [0.1, 0.15) is 35.3 Å². The minimum atomic E-state index is -0.607. The summed E-state index contributed by atoms with van der Waals surface area (Å²) in [5.41, 5.74) is 11.2. The fourth-order valence-electron chi connectivity index (χ4n) is 4.03. The van der Waals surface area contributed by atoms with E-state index in [2.05, 4.69) is 5.32 Å².